The third-order valence-corrected chi connectivity index (χ3v) is 18.8. The second kappa shape index (κ2) is 12.3. The summed E-state index contributed by atoms with van der Waals surface area (Å²) in [6, 6.07) is 59.2. The van der Waals surface area contributed by atoms with Gasteiger partial charge in [0.25, 0.3) is 0 Å². The van der Waals surface area contributed by atoms with Gasteiger partial charge in [-0.15, -0.1) is 0 Å². The van der Waals surface area contributed by atoms with Crippen LogP contribution in [-0.2, 0) is 0 Å². The number of hydrogen-bond acceptors (Lipinski definition) is 3. The molecule has 5 heteroatoms. The lowest BCUT2D eigenvalue weighted by Gasteiger charge is -2.23. The molecule has 0 N–H and O–H groups in total. The largest absolute Gasteiger partial charge is 0.208 e. The molecule has 2 aliphatic heterocycles. The minimum Gasteiger partial charge on any atom is -0.208 e. The monoisotopic (exact) mass is 725 g/mol. The van der Waals surface area contributed by atoms with Gasteiger partial charge in [0.05, 0.1) is 0 Å². The van der Waals surface area contributed by atoms with Crippen molar-refractivity contribution in [1.29, 1.82) is 0 Å². The van der Waals surface area contributed by atoms with Crippen molar-refractivity contribution in [2.24, 2.45) is 0 Å². The topological polar surface area (TPSA) is 38.7 Å². The zero-order valence-electron chi connectivity index (χ0n) is 30.9. The number of aromatic nitrogens is 3. The predicted molar refractivity (Wildman–Crippen MR) is 231 cm³/mol. The predicted octanol–water partition coefficient (Wildman–Crippen LogP) is 9.81. The van der Waals surface area contributed by atoms with Crippen molar-refractivity contribution in [3.63, 3.8) is 0 Å². The maximum Gasteiger partial charge on any atom is 0.164 e. The van der Waals surface area contributed by atoms with E-state index in [-0.39, 0.29) is 0 Å². The summed E-state index contributed by atoms with van der Waals surface area (Å²) in [6.45, 7) is 9.95. The maximum atomic E-state index is 5.49. The van der Waals surface area contributed by atoms with Gasteiger partial charge in [0.15, 0.2) is 17.5 Å². The summed E-state index contributed by atoms with van der Waals surface area (Å²) in [5.41, 5.74) is 13.4. The summed E-state index contributed by atoms with van der Waals surface area (Å²) >= 11 is 0. The van der Waals surface area contributed by atoms with E-state index < -0.39 is 16.1 Å². The van der Waals surface area contributed by atoms with Crippen LogP contribution >= 0.6 is 0 Å². The van der Waals surface area contributed by atoms with Crippen LogP contribution in [0.2, 0.25) is 26.2 Å². The van der Waals surface area contributed by atoms with Crippen molar-refractivity contribution in [1.82, 2.24) is 15.0 Å². The van der Waals surface area contributed by atoms with Crippen molar-refractivity contribution in [3.8, 4) is 78.7 Å². The molecule has 0 fully saturated rings. The first kappa shape index (κ1) is 32.6. The molecule has 0 amide bonds. The lowest BCUT2D eigenvalue weighted by molar-refractivity contribution is 1.08. The molecule has 0 unspecified atom stereocenters. The highest BCUT2D eigenvalue weighted by atomic mass is 28.3. The summed E-state index contributed by atoms with van der Waals surface area (Å²) in [5.74, 6) is 2.10. The number of fused-ring (bicyclic) bond motifs is 6. The van der Waals surface area contributed by atoms with E-state index in [0.717, 1.165) is 16.7 Å². The average molecular weight is 726 g/mol. The summed E-state index contributed by atoms with van der Waals surface area (Å²) in [4.78, 5) is 16.1. The van der Waals surface area contributed by atoms with Gasteiger partial charge in [0.1, 0.15) is 16.1 Å². The van der Waals surface area contributed by atoms with Crippen LogP contribution < -0.4 is 20.7 Å². The van der Waals surface area contributed by atoms with Crippen molar-refractivity contribution in [3.05, 3.63) is 164 Å². The molecule has 10 rings (SSSR count). The fourth-order valence-electron chi connectivity index (χ4n) is 9.27. The van der Waals surface area contributed by atoms with E-state index in [1.54, 1.807) is 0 Å². The van der Waals surface area contributed by atoms with Crippen molar-refractivity contribution in [2.75, 3.05) is 0 Å². The molecule has 2 aliphatic rings. The third-order valence-electron chi connectivity index (χ3n) is 11.7. The Kier molecular flexibility index (Phi) is 7.41. The molecule has 258 valence electrons. The average Bonchev–Trinajstić information content (AvgIpc) is 3.61. The molecule has 3 heterocycles. The van der Waals surface area contributed by atoms with Crippen LogP contribution in [0.25, 0.3) is 78.7 Å². The summed E-state index contributed by atoms with van der Waals surface area (Å²) in [5, 5.41) is 5.82. The van der Waals surface area contributed by atoms with E-state index in [0.29, 0.717) is 17.5 Å². The van der Waals surface area contributed by atoms with Crippen molar-refractivity contribution in [2.45, 2.75) is 26.2 Å². The minimum atomic E-state index is -2.10. The molecular formula is C49H39N3Si2. The Labute approximate surface area is 319 Å². The van der Waals surface area contributed by atoms with Gasteiger partial charge < -0.3 is 0 Å². The van der Waals surface area contributed by atoms with Crippen LogP contribution in [0.3, 0.4) is 0 Å². The van der Waals surface area contributed by atoms with E-state index in [9.17, 15) is 0 Å². The quantitative estimate of drug-likeness (QED) is 0.166. The van der Waals surface area contributed by atoms with Gasteiger partial charge in [0, 0.05) is 16.7 Å². The zero-order valence-corrected chi connectivity index (χ0v) is 32.9. The SMILES string of the molecule is C[Si]1(C)c2cccc(-c3nc(-c4ccccc4)nc(-c4ccc(-c5ccccc5)c5c4-c4ccccc4[Si]5(C)C)n3)c2-c2cccc(-c3ccccc3)c21. The van der Waals surface area contributed by atoms with Crippen molar-refractivity contribution < 1.29 is 0 Å². The summed E-state index contributed by atoms with van der Waals surface area (Å²) < 4.78 is 0. The molecule has 0 saturated carbocycles. The molecule has 0 radical (unpaired) electrons. The molecule has 0 atom stereocenters. The number of nitrogens with zero attached hydrogens (tertiary/aromatic N) is 3. The number of rotatable bonds is 5. The van der Waals surface area contributed by atoms with Crippen LogP contribution in [0.1, 0.15) is 0 Å². The molecule has 8 aromatic rings. The van der Waals surface area contributed by atoms with E-state index in [1.165, 1.54) is 65.3 Å². The smallest absolute Gasteiger partial charge is 0.164 e. The van der Waals surface area contributed by atoms with Crippen molar-refractivity contribution >= 4 is 36.9 Å². The van der Waals surface area contributed by atoms with Crippen LogP contribution in [0.15, 0.2) is 164 Å². The normalized spacial score (nSPS) is 14.2. The van der Waals surface area contributed by atoms with Gasteiger partial charge in [0.2, 0.25) is 0 Å². The summed E-state index contributed by atoms with van der Waals surface area (Å²) in [7, 11) is -4.20. The van der Waals surface area contributed by atoms with Gasteiger partial charge in [-0.1, -0.05) is 184 Å². The molecular weight excluding hydrogens is 687 g/mol. The first-order valence-electron chi connectivity index (χ1n) is 18.8. The van der Waals surface area contributed by atoms with E-state index >= 15 is 0 Å². The Balaban J connectivity index is 1.25. The van der Waals surface area contributed by atoms with Gasteiger partial charge >= 0.3 is 0 Å². The Morgan fingerprint density at radius 3 is 1.39 bits per heavy atom. The highest BCUT2D eigenvalue weighted by molar-refractivity contribution is 7.05. The molecule has 0 bridgehead atoms. The van der Waals surface area contributed by atoms with Gasteiger partial charge in [-0.2, -0.15) is 0 Å². The van der Waals surface area contributed by atoms with Gasteiger partial charge in [-0.05, 0) is 71.3 Å². The van der Waals surface area contributed by atoms with Gasteiger partial charge in [-0.25, -0.2) is 15.0 Å². The molecule has 0 saturated heterocycles. The second-order valence-electron chi connectivity index (χ2n) is 15.6. The lowest BCUT2D eigenvalue weighted by Crippen LogP contribution is -2.50. The van der Waals surface area contributed by atoms with Crippen LogP contribution in [0.5, 0.6) is 0 Å². The first-order chi connectivity index (χ1) is 26.3. The van der Waals surface area contributed by atoms with E-state index in [2.05, 4.69) is 184 Å². The number of benzene rings is 7. The van der Waals surface area contributed by atoms with Crippen LogP contribution in [0, 0.1) is 0 Å². The van der Waals surface area contributed by atoms with Gasteiger partial charge in [-0.3, -0.25) is 0 Å². The van der Waals surface area contributed by atoms with Crippen LogP contribution in [0.4, 0.5) is 0 Å². The maximum absolute atomic E-state index is 5.49. The Morgan fingerprint density at radius 2 is 0.722 bits per heavy atom. The molecule has 0 spiro atoms. The second-order valence-corrected chi connectivity index (χ2v) is 24.1. The third kappa shape index (κ3) is 4.89. The first-order valence-corrected chi connectivity index (χ1v) is 24.8. The Morgan fingerprint density at radius 1 is 0.296 bits per heavy atom. The molecule has 1 aromatic heterocycles. The fourth-order valence-corrected chi connectivity index (χ4v) is 16.2. The molecule has 3 nitrogen and oxygen atoms in total. The minimum absolute atomic E-state index is 0.685. The Bertz CT molecular complexity index is 2760. The molecule has 0 aliphatic carbocycles. The van der Waals surface area contributed by atoms with E-state index in [4.69, 9.17) is 15.0 Å². The highest BCUT2D eigenvalue weighted by Crippen LogP contribution is 2.42. The highest BCUT2D eigenvalue weighted by Gasteiger charge is 2.43. The number of hydrogen-bond donors (Lipinski definition) is 0. The standard InChI is InChI=1S/C49H39N3Si2/c1-53(2)41-28-15-14-24-37(41)44-40(31-30-36(46(44)53)33-20-10-6-11-21-33)49-51-47(34-22-12-7-13-23-34)50-48(52-49)39-27-17-29-42-43(39)38-26-16-25-35(45(38)54(42,3)4)32-18-8-5-9-19-32/h5-31H,1-4H3. The van der Waals surface area contributed by atoms with Crippen LogP contribution in [-0.4, -0.2) is 31.1 Å². The fraction of sp³-hybridized carbons (Fsp3) is 0.0816. The molecule has 54 heavy (non-hydrogen) atoms. The lowest BCUT2D eigenvalue weighted by atomic mass is 9.93. The molecule has 7 aromatic carbocycles. The zero-order chi connectivity index (χ0) is 36.6. The Hall–Kier alpha value is -6.02. The van der Waals surface area contributed by atoms with E-state index in [1.807, 2.05) is 6.07 Å². The summed E-state index contributed by atoms with van der Waals surface area (Å²) in [6.07, 6.45) is 0.